The van der Waals surface area contributed by atoms with Gasteiger partial charge in [0.15, 0.2) is 16.6 Å². The van der Waals surface area contributed by atoms with Crippen LogP contribution in [-0.2, 0) is 7.05 Å². The van der Waals surface area contributed by atoms with E-state index in [0.717, 1.165) is 5.69 Å². The highest BCUT2D eigenvalue weighted by Crippen LogP contribution is 2.23. The molecule has 0 amide bonds. The summed E-state index contributed by atoms with van der Waals surface area (Å²) < 4.78 is 3.29. The number of nitrogens with one attached hydrogen (secondary N) is 2. The molecule has 0 fully saturated rings. The smallest absolute Gasteiger partial charge is 0.295 e. The number of hydrazone groups is 1. The highest BCUT2D eigenvalue weighted by molar-refractivity contribution is 7.80. The normalized spacial score (nSPS) is 10.9. The number of para-hydroxylation sites is 1. The third-order valence-electron chi connectivity index (χ3n) is 4.17. The van der Waals surface area contributed by atoms with Gasteiger partial charge in [0.2, 0.25) is 0 Å². The summed E-state index contributed by atoms with van der Waals surface area (Å²) in [6, 6.07) is 13.6. The summed E-state index contributed by atoms with van der Waals surface area (Å²) in [5.41, 5.74) is 4.76. The minimum Gasteiger partial charge on any atom is -0.504 e. The topological polar surface area (TPSA) is 104 Å². The van der Waals surface area contributed by atoms with Gasteiger partial charge in [0.1, 0.15) is 5.69 Å². The number of aromatic hydroxyl groups is 2. The number of thiocarbonyl (C=S) groups is 1. The van der Waals surface area contributed by atoms with Crippen LogP contribution < -0.4 is 16.3 Å². The molecule has 3 aromatic rings. The predicted molar refractivity (Wildman–Crippen MR) is 112 cm³/mol. The first-order chi connectivity index (χ1) is 13.4. The molecule has 0 aliphatic heterocycles. The number of benzene rings is 2. The Bertz CT molecular complexity index is 1100. The van der Waals surface area contributed by atoms with Gasteiger partial charge in [0.05, 0.1) is 17.6 Å². The fourth-order valence-electron chi connectivity index (χ4n) is 2.64. The van der Waals surface area contributed by atoms with Crippen molar-refractivity contribution in [2.45, 2.75) is 6.92 Å². The quantitative estimate of drug-likeness (QED) is 0.233. The first kappa shape index (κ1) is 19.2. The largest absolute Gasteiger partial charge is 0.504 e. The SMILES string of the molecule is Cc1c(NC(=S)N/N=C/c2ccc(O)c(O)c2)c(=O)n(-c2ccccc2)n1C. The molecule has 4 N–H and O–H groups in total. The molecule has 0 saturated heterocycles. The molecule has 1 aromatic heterocycles. The fourth-order valence-corrected chi connectivity index (χ4v) is 2.79. The first-order valence-electron chi connectivity index (χ1n) is 8.34. The first-order valence-corrected chi connectivity index (χ1v) is 8.75. The van der Waals surface area contributed by atoms with Crippen molar-refractivity contribution in [3.8, 4) is 17.2 Å². The fraction of sp³-hybridized carbons (Fsp3) is 0.105. The van der Waals surface area contributed by atoms with Crippen LogP contribution in [0.15, 0.2) is 58.4 Å². The van der Waals surface area contributed by atoms with E-state index in [1.165, 1.54) is 18.3 Å². The van der Waals surface area contributed by atoms with E-state index in [1.807, 2.05) is 37.3 Å². The van der Waals surface area contributed by atoms with E-state index in [9.17, 15) is 15.0 Å². The van der Waals surface area contributed by atoms with Gasteiger partial charge in [0.25, 0.3) is 5.56 Å². The Balaban J connectivity index is 1.75. The molecule has 0 aliphatic rings. The van der Waals surface area contributed by atoms with Gasteiger partial charge in [-0.05, 0) is 55.0 Å². The number of anilines is 1. The van der Waals surface area contributed by atoms with Crippen LogP contribution in [0.25, 0.3) is 5.69 Å². The van der Waals surface area contributed by atoms with Crippen molar-refractivity contribution in [1.29, 1.82) is 0 Å². The summed E-state index contributed by atoms with van der Waals surface area (Å²) in [7, 11) is 1.79. The summed E-state index contributed by atoms with van der Waals surface area (Å²) in [5, 5.41) is 25.8. The van der Waals surface area contributed by atoms with Gasteiger partial charge >= 0.3 is 0 Å². The maximum absolute atomic E-state index is 12.8. The maximum atomic E-state index is 12.8. The lowest BCUT2D eigenvalue weighted by atomic mass is 10.2. The standard InChI is InChI=1S/C19H19N5O3S/c1-12-17(18(27)24(23(12)2)14-6-4-3-5-7-14)21-19(28)22-20-11-13-8-9-15(25)16(26)10-13/h3-11,25-26H,1-2H3,(H2,21,22,28)/b20-11+. The van der Waals surface area contributed by atoms with Crippen LogP contribution in [-0.4, -0.2) is 30.9 Å². The molecular formula is C19H19N5O3S. The molecular weight excluding hydrogens is 378 g/mol. The van der Waals surface area contributed by atoms with E-state index < -0.39 is 0 Å². The Hall–Kier alpha value is -3.59. The van der Waals surface area contributed by atoms with Crippen molar-refractivity contribution in [1.82, 2.24) is 14.8 Å². The number of nitrogens with zero attached hydrogens (tertiary/aromatic N) is 3. The number of phenols is 2. The average Bonchev–Trinajstić information content (AvgIpc) is 2.88. The molecule has 9 heteroatoms. The Morgan fingerprint density at radius 2 is 1.86 bits per heavy atom. The van der Waals surface area contributed by atoms with Gasteiger partial charge in [-0.2, -0.15) is 5.10 Å². The Labute approximate surface area is 166 Å². The predicted octanol–water partition coefficient (Wildman–Crippen LogP) is 2.22. The van der Waals surface area contributed by atoms with Crippen molar-refractivity contribution in [2.24, 2.45) is 12.1 Å². The number of phenolic OH excluding ortho intramolecular Hbond substituents is 2. The van der Waals surface area contributed by atoms with E-state index in [2.05, 4.69) is 15.8 Å². The zero-order chi connectivity index (χ0) is 20.3. The zero-order valence-electron chi connectivity index (χ0n) is 15.2. The Morgan fingerprint density at radius 3 is 2.54 bits per heavy atom. The van der Waals surface area contributed by atoms with E-state index in [1.54, 1.807) is 22.5 Å². The third-order valence-corrected chi connectivity index (χ3v) is 4.37. The van der Waals surface area contributed by atoms with E-state index >= 15 is 0 Å². The van der Waals surface area contributed by atoms with Crippen LogP contribution in [0.4, 0.5) is 5.69 Å². The van der Waals surface area contributed by atoms with Gasteiger partial charge in [0, 0.05) is 7.05 Å². The molecule has 8 nitrogen and oxygen atoms in total. The molecule has 1 heterocycles. The molecule has 0 unspecified atom stereocenters. The third kappa shape index (κ3) is 3.89. The summed E-state index contributed by atoms with van der Waals surface area (Å²) in [5.74, 6) is -0.456. The Kier molecular flexibility index (Phi) is 5.46. The van der Waals surface area contributed by atoms with Crippen molar-refractivity contribution < 1.29 is 10.2 Å². The van der Waals surface area contributed by atoms with Crippen molar-refractivity contribution in [3.05, 3.63) is 70.1 Å². The van der Waals surface area contributed by atoms with Crippen LogP contribution in [0.1, 0.15) is 11.3 Å². The summed E-state index contributed by atoms with van der Waals surface area (Å²) >= 11 is 5.20. The number of hydrogen-bond donors (Lipinski definition) is 4. The molecule has 28 heavy (non-hydrogen) atoms. The summed E-state index contributed by atoms with van der Waals surface area (Å²) in [6.45, 7) is 1.81. The second-order valence-electron chi connectivity index (χ2n) is 6.01. The van der Waals surface area contributed by atoms with Crippen molar-refractivity contribution in [3.63, 3.8) is 0 Å². The molecule has 0 radical (unpaired) electrons. The minimum absolute atomic E-state index is 0.144. The molecule has 0 bridgehead atoms. The van der Waals surface area contributed by atoms with Crippen LogP contribution in [0.2, 0.25) is 0 Å². The van der Waals surface area contributed by atoms with Crippen molar-refractivity contribution >= 4 is 29.2 Å². The lowest BCUT2D eigenvalue weighted by Crippen LogP contribution is -2.28. The number of aromatic nitrogens is 2. The van der Waals surface area contributed by atoms with Crippen LogP contribution in [0, 0.1) is 6.92 Å². The molecule has 2 aromatic carbocycles. The Morgan fingerprint density at radius 1 is 1.14 bits per heavy atom. The average molecular weight is 397 g/mol. The zero-order valence-corrected chi connectivity index (χ0v) is 16.1. The van der Waals surface area contributed by atoms with Gasteiger partial charge in [-0.3, -0.25) is 14.9 Å². The number of rotatable bonds is 4. The highest BCUT2D eigenvalue weighted by Gasteiger charge is 2.16. The molecule has 0 saturated carbocycles. The van der Waals surface area contributed by atoms with Crippen molar-refractivity contribution in [2.75, 3.05) is 5.32 Å². The lowest BCUT2D eigenvalue weighted by Gasteiger charge is -2.07. The van der Waals surface area contributed by atoms with E-state index in [4.69, 9.17) is 12.2 Å². The van der Waals surface area contributed by atoms with Crippen LogP contribution in [0.3, 0.4) is 0 Å². The molecule has 0 spiro atoms. The second-order valence-corrected chi connectivity index (χ2v) is 6.42. The molecule has 0 atom stereocenters. The maximum Gasteiger partial charge on any atom is 0.295 e. The van der Waals surface area contributed by atoms with Crippen LogP contribution in [0.5, 0.6) is 11.5 Å². The lowest BCUT2D eigenvalue weighted by molar-refractivity contribution is 0.403. The number of hydrogen-bond acceptors (Lipinski definition) is 5. The van der Waals surface area contributed by atoms with Gasteiger partial charge in [-0.15, -0.1) is 0 Å². The molecule has 3 rings (SSSR count). The van der Waals surface area contributed by atoms with E-state index in [-0.39, 0.29) is 22.2 Å². The molecule has 144 valence electrons. The van der Waals surface area contributed by atoms with Gasteiger partial charge in [-0.25, -0.2) is 4.68 Å². The minimum atomic E-state index is -0.244. The monoisotopic (exact) mass is 397 g/mol. The van der Waals surface area contributed by atoms with Crippen LogP contribution >= 0.6 is 12.2 Å². The summed E-state index contributed by atoms with van der Waals surface area (Å²) in [6.07, 6.45) is 1.42. The van der Waals surface area contributed by atoms with Gasteiger partial charge < -0.3 is 15.5 Å². The van der Waals surface area contributed by atoms with E-state index in [0.29, 0.717) is 16.9 Å². The second kappa shape index (κ2) is 7.97. The van der Waals surface area contributed by atoms with Gasteiger partial charge in [-0.1, -0.05) is 18.2 Å². The molecule has 0 aliphatic carbocycles. The highest BCUT2D eigenvalue weighted by atomic mass is 32.1. The summed E-state index contributed by atoms with van der Waals surface area (Å²) in [4.78, 5) is 12.8.